The van der Waals surface area contributed by atoms with E-state index in [1.54, 1.807) is 25.9 Å². The number of nitrogens with one attached hydrogen (secondary N) is 1. The number of carbonyl (C=O) groups is 2. The molecular formula is C11H20N2O3. The van der Waals surface area contributed by atoms with E-state index in [0.717, 1.165) is 0 Å². The van der Waals surface area contributed by atoms with Gasteiger partial charge in [-0.1, -0.05) is 6.92 Å². The Hall–Kier alpha value is -1.10. The highest BCUT2D eigenvalue weighted by atomic mass is 16.5. The number of amides is 2. The number of carbonyl (C=O) groups excluding carboxylic acids is 2. The first-order valence-electron chi connectivity index (χ1n) is 5.56. The summed E-state index contributed by atoms with van der Waals surface area (Å²) in [6.07, 6.45) is 0.622. The van der Waals surface area contributed by atoms with E-state index in [1.807, 2.05) is 6.92 Å². The molecule has 0 aliphatic carbocycles. The van der Waals surface area contributed by atoms with Crippen LogP contribution in [0.25, 0.3) is 0 Å². The molecule has 0 saturated carbocycles. The monoisotopic (exact) mass is 228 g/mol. The third kappa shape index (κ3) is 2.35. The lowest BCUT2D eigenvalue weighted by molar-refractivity contribution is -0.154. The highest BCUT2D eigenvalue weighted by molar-refractivity contribution is 5.99. The molecule has 1 unspecified atom stereocenters. The lowest BCUT2D eigenvalue weighted by Gasteiger charge is -2.42. The second kappa shape index (κ2) is 4.82. The van der Waals surface area contributed by atoms with Gasteiger partial charge in [-0.15, -0.1) is 0 Å². The third-order valence-corrected chi connectivity index (χ3v) is 2.83. The topological polar surface area (TPSA) is 58.6 Å². The van der Waals surface area contributed by atoms with Crippen molar-refractivity contribution in [1.29, 1.82) is 0 Å². The zero-order chi connectivity index (χ0) is 12.3. The first-order valence-corrected chi connectivity index (χ1v) is 5.56. The average molecular weight is 228 g/mol. The maximum Gasteiger partial charge on any atom is 0.248 e. The Balaban J connectivity index is 2.87. The van der Waals surface area contributed by atoms with Crippen LogP contribution in [0, 0.1) is 0 Å². The van der Waals surface area contributed by atoms with Gasteiger partial charge in [0.25, 0.3) is 0 Å². The summed E-state index contributed by atoms with van der Waals surface area (Å²) >= 11 is 0. The Morgan fingerprint density at radius 1 is 1.44 bits per heavy atom. The van der Waals surface area contributed by atoms with E-state index in [4.69, 9.17) is 4.74 Å². The standard InChI is InChI=1S/C11H20N2O3/c1-5-8-9(14)12-11(2,3)10(15)13(8)6-7-16-4/h8H,5-7H2,1-4H3,(H,12,14). The van der Waals surface area contributed by atoms with Crippen LogP contribution in [0.15, 0.2) is 0 Å². The fraction of sp³-hybridized carbons (Fsp3) is 0.818. The number of nitrogens with zero attached hydrogens (tertiary/aromatic N) is 1. The molecule has 0 aromatic heterocycles. The minimum atomic E-state index is -0.809. The van der Waals surface area contributed by atoms with E-state index < -0.39 is 5.54 Å². The molecule has 16 heavy (non-hydrogen) atoms. The molecule has 0 aromatic rings. The molecule has 0 aromatic carbocycles. The van der Waals surface area contributed by atoms with Crippen LogP contribution >= 0.6 is 0 Å². The highest BCUT2D eigenvalue weighted by Crippen LogP contribution is 2.19. The molecule has 5 heteroatoms. The maximum absolute atomic E-state index is 12.1. The quantitative estimate of drug-likeness (QED) is 0.745. The van der Waals surface area contributed by atoms with Gasteiger partial charge in [0.05, 0.1) is 6.61 Å². The molecule has 1 rings (SSSR count). The fourth-order valence-corrected chi connectivity index (χ4v) is 1.94. The van der Waals surface area contributed by atoms with Crippen LogP contribution in [-0.4, -0.2) is 48.6 Å². The molecule has 92 valence electrons. The van der Waals surface area contributed by atoms with Crippen molar-refractivity contribution in [2.75, 3.05) is 20.3 Å². The van der Waals surface area contributed by atoms with Crippen molar-refractivity contribution in [3.05, 3.63) is 0 Å². The van der Waals surface area contributed by atoms with Crippen molar-refractivity contribution in [1.82, 2.24) is 10.2 Å². The molecule has 1 N–H and O–H groups in total. The molecule has 1 fully saturated rings. The number of methoxy groups -OCH3 is 1. The Morgan fingerprint density at radius 3 is 2.56 bits per heavy atom. The van der Waals surface area contributed by atoms with Crippen LogP contribution < -0.4 is 5.32 Å². The van der Waals surface area contributed by atoms with Crippen molar-refractivity contribution in [3.8, 4) is 0 Å². The molecular weight excluding hydrogens is 208 g/mol. The Bertz CT molecular complexity index is 289. The molecule has 1 atom stereocenters. The fourth-order valence-electron chi connectivity index (χ4n) is 1.94. The Morgan fingerprint density at radius 2 is 2.06 bits per heavy atom. The third-order valence-electron chi connectivity index (χ3n) is 2.83. The minimum Gasteiger partial charge on any atom is -0.383 e. The molecule has 1 aliphatic heterocycles. The van der Waals surface area contributed by atoms with E-state index in [1.165, 1.54) is 0 Å². The second-order valence-electron chi connectivity index (χ2n) is 4.53. The molecule has 1 heterocycles. The lowest BCUT2D eigenvalue weighted by atomic mass is 9.96. The molecule has 0 radical (unpaired) electrons. The summed E-state index contributed by atoms with van der Waals surface area (Å²) in [5.74, 6) is -0.126. The van der Waals surface area contributed by atoms with Gasteiger partial charge in [0, 0.05) is 13.7 Å². The first kappa shape index (κ1) is 13.0. The second-order valence-corrected chi connectivity index (χ2v) is 4.53. The van der Waals surface area contributed by atoms with Crippen molar-refractivity contribution in [3.63, 3.8) is 0 Å². The predicted octanol–water partition coefficient (Wildman–Crippen LogP) is 0.148. The average Bonchev–Trinajstić information content (AvgIpc) is 2.20. The van der Waals surface area contributed by atoms with E-state index in [-0.39, 0.29) is 17.9 Å². The summed E-state index contributed by atoms with van der Waals surface area (Å²) in [6, 6.07) is -0.365. The zero-order valence-electron chi connectivity index (χ0n) is 10.4. The number of piperazine rings is 1. The van der Waals surface area contributed by atoms with Crippen molar-refractivity contribution in [2.45, 2.75) is 38.8 Å². The lowest BCUT2D eigenvalue weighted by Crippen LogP contribution is -2.68. The van der Waals surface area contributed by atoms with E-state index >= 15 is 0 Å². The maximum atomic E-state index is 12.1. The van der Waals surface area contributed by atoms with E-state index in [0.29, 0.717) is 19.6 Å². The first-order chi connectivity index (χ1) is 7.44. The Kier molecular flexibility index (Phi) is 3.91. The summed E-state index contributed by atoms with van der Waals surface area (Å²) < 4.78 is 4.96. The van der Waals surface area contributed by atoms with Crippen molar-refractivity contribution >= 4 is 11.8 Å². The van der Waals surface area contributed by atoms with Gasteiger partial charge in [-0.3, -0.25) is 9.59 Å². The normalized spacial score (nSPS) is 24.5. The van der Waals surface area contributed by atoms with Gasteiger partial charge in [-0.05, 0) is 20.3 Å². The number of hydrogen-bond donors (Lipinski definition) is 1. The van der Waals surface area contributed by atoms with Crippen molar-refractivity contribution < 1.29 is 14.3 Å². The molecule has 1 aliphatic rings. The number of ether oxygens (including phenoxy) is 1. The molecule has 1 saturated heterocycles. The van der Waals surface area contributed by atoms with Gasteiger partial charge in [-0.25, -0.2) is 0 Å². The number of hydrogen-bond acceptors (Lipinski definition) is 3. The smallest absolute Gasteiger partial charge is 0.248 e. The van der Waals surface area contributed by atoms with Gasteiger partial charge in [0.2, 0.25) is 11.8 Å². The van der Waals surface area contributed by atoms with Gasteiger partial charge < -0.3 is 15.0 Å². The largest absolute Gasteiger partial charge is 0.383 e. The molecule has 0 spiro atoms. The van der Waals surface area contributed by atoms with Gasteiger partial charge >= 0.3 is 0 Å². The van der Waals surface area contributed by atoms with Gasteiger partial charge in [0.1, 0.15) is 11.6 Å². The van der Waals surface area contributed by atoms with Crippen LogP contribution in [0.5, 0.6) is 0 Å². The van der Waals surface area contributed by atoms with Crippen LogP contribution in [0.1, 0.15) is 27.2 Å². The van der Waals surface area contributed by atoms with Crippen molar-refractivity contribution in [2.24, 2.45) is 0 Å². The molecule has 5 nitrogen and oxygen atoms in total. The summed E-state index contributed by atoms with van der Waals surface area (Å²) in [7, 11) is 1.58. The SMILES string of the molecule is CCC1C(=O)NC(C)(C)C(=O)N1CCOC. The van der Waals surface area contributed by atoms with Crippen LogP contribution in [0.3, 0.4) is 0 Å². The summed E-state index contributed by atoms with van der Waals surface area (Å²) in [6.45, 7) is 6.25. The predicted molar refractivity (Wildman–Crippen MR) is 59.9 cm³/mol. The van der Waals surface area contributed by atoms with E-state index in [9.17, 15) is 9.59 Å². The van der Waals surface area contributed by atoms with Gasteiger partial charge in [-0.2, -0.15) is 0 Å². The number of rotatable bonds is 4. The van der Waals surface area contributed by atoms with Gasteiger partial charge in [0.15, 0.2) is 0 Å². The Labute approximate surface area is 96.1 Å². The van der Waals surface area contributed by atoms with E-state index in [2.05, 4.69) is 5.32 Å². The minimum absolute atomic E-state index is 0.0454. The van der Waals surface area contributed by atoms with Crippen LogP contribution in [0.2, 0.25) is 0 Å². The van der Waals surface area contributed by atoms with Crippen LogP contribution in [0.4, 0.5) is 0 Å². The van der Waals surface area contributed by atoms with Crippen LogP contribution in [-0.2, 0) is 14.3 Å². The molecule has 0 bridgehead atoms. The summed E-state index contributed by atoms with van der Waals surface area (Å²) in [5.41, 5.74) is -0.809. The zero-order valence-corrected chi connectivity index (χ0v) is 10.4. The molecule has 2 amide bonds. The highest BCUT2D eigenvalue weighted by Gasteiger charge is 2.44. The summed E-state index contributed by atoms with van der Waals surface area (Å²) in [5, 5.41) is 2.74. The summed E-state index contributed by atoms with van der Waals surface area (Å²) in [4.78, 5) is 25.6.